The van der Waals surface area contributed by atoms with Crippen molar-refractivity contribution in [3.05, 3.63) is 18.0 Å². The molecule has 0 radical (unpaired) electrons. The van der Waals surface area contributed by atoms with Crippen LogP contribution in [0.15, 0.2) is 12.3 Å². The van der Waals surface area contributed by atoms with Crippen molar-refractivity contribution in [1.82, 2.24) is 20.0 Å². The number of hydrogen-bond donors (Lipinski definition) is 1. The summed E-state index contributed by atoms with van der Waals surface area (Å²) in [4.78, 5) is 25.2. The second-order valence-corrected chi connectivity index (χ2v) is 5.03. The van der Waals surface area contributed by atoms with E-state index in [0.29, 0.717) is 13.0 Å². The molecule has 2 heterocycles. The van der Waals surface area contributed by atoms with Crippen molar-refractivity contribution in [2.24, 2.45) is 7.05 Å². The zero-order chi connectivity index (χ0) is 13.3. The molecule has 1 N–H and O–H groups in total. The van der Waals surface area contributed by atoms with Gasteiger partial charge in [0, 0.05) is 31.9 Å². The van der Waals surface area contributed by atoms with Crippen LogP contribution >= 0.6 is 0 Å². The molecule has 1 aliphatic rings. The Balaban J connectivity index is 2.05. The number of nitrogens with one attached hydrogen (secondary N) is 1. The highest BCUT2D eigenvalue weighted by atomic mass is 16.2. The number of carbonyl (C=O) groups excluding carboxylic acids is 2. The lowest BCUT2D eigenvalue weighted by Crippen LogP contribution is -2.63. The zero-order valence-corrected chi connectivity index (χ0v) is 10.9. The molecule has 1 aliphatic heterocycles. The minimum atomic E-state index is -0.666. The Labute approximate surface area is 106 Å². The van der Waals surface area contributed by atoms with Crippen LogP contribution in [0.2, 0.25) is 0 Å². The highest BCUT2D eigenvalue weighted by Gasteiger charge is 2.39. The molecule has 6 nitrogen and oxygen atoms in total. The number of amides is 2. The first-order valence-electron chi connectivity index (χ1n) is 5.98. The van der Waals surface area contributed by atoms with Crippen LogP contribution in [0.1, 0.15) is 19.5 Å². The minimum absolute atomic E-state index is 0.165. The second-order valence-electron chi connectivity index (χ2n) is 5.03. The van der Waals surface area contributed by atoms with Crippen LogP contribution in [0.3, 0.4) is 0 Å². The summed E-state index contributed by atoms with van der Waals surface area (Å²) >= 11 is 0. The molecule has 0 aromatic carbocycles. The van der Waals surface area contributed by atoms with Gasteiger partial charge in [-0.25, -0.2) is 0 Å². The number of rotatable bonds is 3. The molecule has 6 heteroatoms. The van der Waals surface area contributed by atoms with Gasteiger partial charge in [-0.1, -0.05) is 0 Å². The topological polar surface area (TPSA) is 67.2 Å². The predicted octanol–water partition coefficient (Wildman–Crippen LogP) is -0.300. The highest BCUT2D eigenvalue weighted by molar-refractivity contribution is 6.03. The molecule has 1 aromatic rings. The minimum Gasteiger partial charge on any atom is -0.295 e. The largest absolute Gasteiger partial charge is 0.295 e. The predicted molar refractivity (Wildman–Crippen MR) is 65.7 cm³/mol. The van der Waals surface area contributed by atoms with Gasteiger partial charge in [-0.15, -0.1) is 0 Å². The number of piperazine rings is 1. The molecule has 1 fully saturated rings. The van der Waals surface area contributed by atoms with Gasteiger partial charge in [0.1, 0.15) is 0 Å². The molecule has 1 aromatic heterocycles. The van der Waals surface area contributed by atoms with E-state index < -0.39 is 5.54 Å². The fourth-order valence-electron chi connectivity index (χ4n) is 2.02. The second kappa shape index (κ2) is 4.53. The Morgan fingerprint density at radius 2 is 2.17 bits per heavy atom. The van der Waals surface area contributed by atoms with Gasteiger partial charge < -0.3 is 0 Å². The van der Waals surface area contributed by atoms with Crippen molar-refractivity contribution in [2.45, 2.75) is 25.8 Å². The summed E-state index contributed by atoms with van der Waals surface area (Å²) < 4.78 is 1.75. The number of aryl methyl sites for hydroxylation is 1. The molecule has 0 aliphatic carbocycles. The fourth-order valence-corrected chi connectivity index (χ4v) is 2.02. The van der Waals surface area contributed by atoms with E-state index in [-0.39, 0.29) is 18.4 Å². The summed E-state index contributed by atoms with van der Waals surface area (Å²) in [5.74, 6) is -0.331. The lowest BCUT2D eigenvalue weighted by atomic mass is 10.0. The summed E-state index contributed by atoms with van der Waals surface area (Å²) in [6.07, 6.45) is 2.34. The monoisotopic (exact) mass is 250 g/mol. The molecule has 98 valence electrons. The maximum absolute atomic E-state index is 12.1. The molecule has 0 spiro atoms. The van der Waals surface area contributed by atoms with Crippen LogP contribution in [0.4, 0.5) is 0 Å². The van der Waals surface area contributed by atoms with Crippen molar-refractivity contribution in [3.63, 3.8) is 0 Å². The van der Waals surface area contributed by atoms with Gasteiger partial charge >= 0.3 is 0 Å². The van der Waals surface area contributed by atoms with Crippen LogP contribution < -0.4 is 5.32 Å². The first kappa shape index (κ1) is 12.8. The lowest BCUT2D eigenvalue weighted by Gasteiger charge is -2.36. The fraction of sp³-hybridized carbons (Fsp3) is 0.583. The lowest BCUT2D eigenvalue weighted by molar-refractivity contribution is -0.152. The number of carbonyl (C=O) groups is 2. The third-order valence-electron chi connectivity index (χ3n) is 3.28. The molecule has 0 atom stereocenters. The van der Waals surface area contributed by atoms with E-state index in [0.717, 1.165) is 5.69 Å². The van der Waals surface area contributed by atoms with E-state index in [1.807, 2.05) is 13.1 Å². The van der Waals surface area contributed by atoms with E-state index in [4.69, 9.17) is 0 Å². The Bertz CT molecular complexity index is 478. The SMILES string of the molecule is Cn1nccc1CCN1C(=O)CNC(C)(C)C1=O. The Morgan fingerprint density at radius 1 is 1.44 bits per heavy atom. The molecule has 2 rings (SSSR count). The Hall–Kier alpha value is -1.69. The van der Waals surface area contributed by atoms with Gasteiger partial charge in [-0.3, -0.25) is 24.5 Å². The van der Waals surface area contributed by atoms with Gasteiger partial charge in [0.15, 0.2) is 0 Å². The number of aromatic nitrogens is 2. The number of nitrogens with zero attached hydrogens (tertiary/aromatic N) is 3. The summed E-state index contributed by atoms with van der Waals surface area (Å²) in [5, 5.41) is 7.00. The van der Waals surface area contributed by atoms with Gasteiger partial charge in [-0.05, 0) is 19.9 Å². The van der Waals surface area contributed by atoms with Gasteiger partial charge in [0.25, 0.3) is 0 Å². The third-order valence-corrected chi connectivity index (χ3v) is 3.28. The standard InChI is InChI=1S/C12H18N4O2/c1-12(2)11(18)16(10(17)8-13-12)7-5-9-4-6-14-15(9)3/h4,6,13H,5,7-8H2,1-3H3. The maximum Gasteiger partial charge on any atom is 0.248 e. The number of imide groups is 1. The first-order chi connectivity index (χ1) is 8.42. The van der Waals surface area contributed by atoms with Crippen molar-refractivity contribution < 1.29 is 9.59 Å². The quantitative estimate of drug-likeness (QED) is 0.748. The summed E-state index contributed by atoms with van der Waals surface area (Å²) in [7, 11) is 1.85. The first-order valence-corrected chi connectivity index (χ1v) is 5.98. The summed E-state index contributed by atoms with van der Waals surface area (Å²) in [6.45, 7) is 4.20. The van der Waals surface area contributed by atoms with Crippen LogP contribution in [0.5, 0.6) is 0 Å². The van der Waals surface area contributed by atoms with Crippen molar-refractivity contribution in [2.75, 3.05) is 13.1 Å². The smallest absolute Gasteiger partial charge is 0.248 e. The summed E-state index contributed by atoms with van der Waals surface area (Å²) in [6, 6.07) is 1.89. The van der Waals surface area contributed by atoms with Crippen LogP contribution in [0, 0.1) is 0 Å². The zero-order valence-electron chi connectivity index (χ0n) is 10.9. The van der Waals surface area contributed by atoms with E-state index in [9.17, 15) is 9.59 Å². The van der Waals surface area contributed by atoms with Crippen molar-refractivity contribution in [3.8, 4) is 0 Å². The molecule has 0 saturated carbocycles. The molecular formula is C12H18N4O2. The molecule has 2 amide bonds. The molecule has 1 saturated heterocycles. The molecule has 0 bridgehead atoms. The van der Waals surface area contributed by atoms with Crippen molar-refractivity contribution >= 4 is 11.8 Å². The van der Waals surface area contributed by atoms with E-state index >= 15 is 0 Å². The van der Waals surface area contributed by atoms with Gasteiger partial charge in [-0.2, -0.15) is 5.10 Å². The maximum atomic E-state index is 12.1. The average molecular weight is 250 g/mol. The van der Waals surface area contributed by atoms with E-state index in [1.165, 1.54) is 4.90 Å². The van der Waals surface area contributed by atoms with E-state index in [2.05, 4.69) is 10.4 Å². The van der Waals surface area contributed by atoms with E-state index in [1.54, 1.807) is 24.7 Å². The Morgan fingerprint density at radius 3 is 2.78 bits per heavy atom. The van der Waals surface area contributed by atoms with Crippen molar-refractivity contribution in [1.29, 1.82) is 0 Å². The van der Waals surface area contributed by atoms with Crippen LogP contribution in [-0.2, 0) is 23.1 Å². The highest BCUT2D eigenvalue weighted by Crippen LogP contribution is 2.14. The summed E-state index contributed by atoms with van der Waals surface area (Å²) in [5.41, 5.74) is 0.340. The molecule has 0 unspecified atom stereocenters. The molecular weight excluding hydrogens is 232 g/mol. The van der Waals surface area contributed by atoms with Gasteiger partial charge in [0.2, 0.25) is 11.8 Å². The van der Waals surface area contributed by atoms with Crippen LogP contribution in [-0.4, -0.2) is 45.1 Å². The average Bonchev–Trinajstić information content (AvgIpc) is 2.71. The third kappa shape index (κ3) is 2.28. The number of hydrogen-bond acceptors (Lipinski definition) is 4. The normalized spacial score (nSPS) is 19.4. The molecule has 18 heavy (non-hydrogen) atoms. The Kier molecular flexibility index (Phi) is 3.21. The van der Waals surface area contributed by atoms with Crippen LogP contribution in [0.25, 0.3) is 0 Å². The van der Waals surface area contributed by atoms with Gasteiger partial charge in [0.05, 0.1) is 12.1 Å².